The fraction of sp³-hybridized carbons (Fsp3) is 0.535. The zero-order chi connectivity index (χ0) is 42.7. The summed E-state index contributed by atoms with van der Waals surface area (Å²) < 4.78 is 88.6. The van der Waals surface area contributed by atoms with Crippen LogP contribution in [0.15, 0.2) is 95.9 Å². The quantitative estimate of drug-likeness (QED) is 0.0902. The maximum Gasteiger partial charge on any atom is 0.509 e. The first-order valence-electron chi connectivity index (χ1n) is 20.6. The molecular formula is C43H57NO13S2Si. The largest absolute Gasteiger partial charge is 0.509 e. The summed E-state index contributed by atoms with van der Waals surface area (Å²) in [6.07, 6.45) is -9.50. The van der Waals surface area contributed by atoms with Crippen LogP contribution >= 0.6 is 11.8 Å². The first-order chi connectivity index (χ1) is 29.0. The number of sulfonamides is 1. The van der Waals surface area contributed by atoms with Gasteiger partial charge in [-0.3, -0.25) is 4.79 Å². The monoisotopic (exact) mass is 887 g/mol. The average Bonchev–Trinajstić information content (AvgIpc) is 3.66. The number of esters is 1. The Morgan fingerprint density at radius 3 is 1.83 bits per heavy atom. The number of ether oxygens (including phenoxy) is 8. The smallest absolute Gasteiger partial charge is 0.453 e. The summed E-state index contributed by atoms with van der Waals surface area (Å²) in [4.78, 5) is 25.5. The number of fused-ring (bicyclic) bond motifs is 1. The number of thioether (sulfide) groups is 1. The van der Waals surface area contributed by atoms with Gasteiger partial charge in [0.2, 0.25) is 10.0 Å². The van der Waals surface area contributed by atoms with Gasteiger partial charge in [-0.25, -0.2) is 17.9 Å². The third kappa shape index (κ3) is 11.6. The maximum absolute atomic E-state index is 14.2. The van der Waals surface area contributed by atoms with E-state index in [1.807, 2.05) is 67.6 Å². The van der Waals surface area contributed by atoms with Gasteiger partial charge in [0, 0.05) is 6.92 Å². The predicted octanol–water partition coefficient (Wildman–Crippen LogP) is 6.58. The van der Waals surface area contributed by atoms with Gasteiger partial charge in [-0.05, 0) is 47.1 Å². The van der Waals surface area contributed by atoms with Crippen molar-refractivity contribution in [2.45, 2.75) is 131 Å². The number of carbonyl (C=O) groups is 2. The highest BCUT2D eigenvalue weighted by molar-refractivity contribution is 7.99. The van der Waals surface area contributed by atoms with Crippen molar-refractivity contribution in [1.29, 1.82) is 0 Å². The summed E-state index contributed by atoms with van der Waals surface area (Å²) in [5.41, 5.74) is 1.14. The molecule has 3 aliphatic heterocycles. The van der Waals surface area contributed by atoms with Crippen molar-refractivity contribution in [3.05, 3.63) is 102 Å². The lowest BCUT2D eigenvalue weighted by Crippen LogP contribution is -2.69. The lowest BCUT2D eigenvalue weighted by Gasteiger charge is -2.51. The Bertz CT molecular complexity index is 1900. The van der Waals surface area contributed by atoms with Crippen LogP contribution in [-0.4, -0.2) is 108 Å². The molecule has 3 aliphatic rings. The molecule has 3 aromatic rings. The molecule has 0 aromatic heterocycles. The summed E-state index contributed by atoms with van der Waals surface area (Å²) in [7, 11) is -6.69. The van der Waals surface area contributed by atoms with Gasteiger partial charge < -0.3 is 42.3 Å². The summed E-state index contributed by atoms with van der Waals surface area (Å²) in [6, 6.07) is 28.7. The van der Waals surface area contributed by atoms with Crippen molar-refractivity contribution in [1.82, 2.24) is 4.72 Å². The Balaban J connectivity index is 1.40. The minimum absolute atomic E-state index is 0.0238. The van der Waals surface area contributed by atoms with Gasteiger partial charge in [-0.2, -0.15) is 0 Å². The third-order valence-electron chi connectivity index (χ3n) is 11.1. The Hall–Kier alpha value is -3.36. The number of rotatable bonds is 21. The zero-order valence-corrected chi connectivity index (χ0v) is 37.3. The van der Waals surface area contributed by atoms with E-state index in [1.54, 1.807) is 18.2 Å². The van der Waals surface area contributed by atoms with Gasteiger partial charge in [0.15, 0.2) is 32.9 Å². The van der Waals surface area contributed by atoms with E-state index < -0.39 is 91.0 Å². The average molecular weight is 888 g/mol. The molecular weight excluding hydrogens is 831 g/mol. The normalized spacial score (nSPS) is 28.1. The molecule has 3 saturated heterocycles. The second kappa shape index (κ2) is 21.6. The van der Waals surface area contributed by atoms with Crippen LogP contribution in [-0.2, 0) is 70.4 Å². The Labute approximate surface area is 358 Å². The van der Waals surface area contributed by atoms with E-state index in [9.17, 15) is 18.0 Å². The van der Waals surface area contributed by atoms with Crippen LogP contribution in [0.2, 0.25) is 18.1 Å². The maximum atomic E-state index is 14.2. The van der Waals surface area contributed by atoms with Gasteiger partial charge >= 0.3 is 12.1 Å². The summed E-state index contributed by atoms with van der Waals surface area (Å²) in [5.74, 6) is -0.0724. The standard InChI is InChI=1S/C43H57NO13S2Si/c1-6-58-42-35(44-59(47,48)32-23-17-12-18-24-32)38(57-60(7-2,8-3)9-4)36(34(53-42)28-50-26-31-21-15-11-16-22-31)54-41-40(51-29(5)45)39-37(55-43(46)56-39)33(52-41)27-49-25-30-19-13-10-14-20-30/h10-24,33-42,44H,6-9,25-28H2,1-5H3/t33-,34-,35-,36-,37+,38+,39+,40-,41+,42+/m1/s1. The highest BCUT2D eigenvalue weighted by Gasteiger charge is 2.59. The number of carbonyl (C=O) groups excluding carboxylic acids is 2. The van der Waals surface area contributed by atoms with Gasteiger partial charge in [-0.1, -0.05) is 107 Å². The molecule has 10 atom stereocenters. The molecule has 328 valence electrons. The van der Waals surface area contributed by atoms with Crippen LogP contribution in [0.1, 0.15) is 45.7 Å². The summed E-state index contributed by atoms with van der Waals surface area (Å²) in [5, 5.41) is 0. The number of hydrogen-bond donors (Lipinski definition) is 1. The van der Waals surface area contributed by atoms with E-state index in [2.05, 4.69) is 25.5 Å². The Kier molecular flexibility index (Phi) is 16.6. The van der Waals surface area contributed by atoms with Gasteiger partial charge in [0.25, 0.3) is 0 Å². The molecule has 0 amide bonds. The minimum atomic E-state index is -4.12. The minimum Gasteiger partial charge on any atom is -0.453 e. The van der Waals surface area contributed by atoms with E-state index in [0.717, 1.165) is 29.3 Å². The van der Waals surface area contributed by atoms with E-state index in [1.165, 1.54) is 30.8 Å². The van der Waals surface area contributed by atoms with Crippen LogP contribution in [0.3, 0.4) is 0 Å². The fourth-order valence-corrected chi connectivity index (χ4v) is 13.0. The molecule has 0 aliphatic carbocycles. The molecule has 60 heavy (non-hydrogen) atoms. The van der Waals surface area contributed by atoms with Crippen LogP contribution in [0, 0.1) is 0 Å². The van der Waals surface area contributed by atoms with E-state index >= 15 is 0 Å². The first-order valence-corrected chi connectivity index (χ1v) is 25.7. The van der Waals surface area contributed by atoms with Crippen molar-refractivity contribution in [3.8, 4) is 0 Å². The molecule has 0 bridgehead atoms. The van der Waals surface area contributed by atoms with E-state index in [0.29, 0.717) is 5.75 Å². The Morgan fingerprint density at radius 2 is 1.28 bits per heavy atom. The molecule has 0 saturated carbocycles. The predicted molar refractivity (Wildman–Crippen MR) is 226 cm³/mol. The molecule has 0 spiro atoms. The van der Waals surface area contributed by atoms with Crippen molar-refractivity contribution >= 4 is 42.2 Å². The Morgan fingerprint density at radius 1 is 0.733 bits per heavy atom. The highest BCUT2D eigenvalue weighted by Crippen LogP contribution is 2.40. The van der Waals surface area contributed by atoms with Gasteiger partial charge in [0.1, 0.15) is 23.7 Å². The lowest BCUT2D eigenvalue weighted by molar-refractivity contribution is -0.323. The third-order valence-corrected chi connectivity index (χ3v) is 18.3. The van der Waals surface area contributed by atoms with Crippen LogP contribution in [0.4, 0.5) is 4.79 Å². The summed E-state index contributed by atoms with van der Waals surface area (Å²) >= 11 is 1.44. The first kappa shape index (κ1) is 46.1. The highest BCUT2D eigenvalue weighted by atomic mass is 32.2. The van der Waals surface area contributed by atoms with Crippen molar-refractivity contribution in [2.75, 3.05) is 19.0 Å². The van der Waals surface area contributed by atoms with Crippen molar-refractivity contribution in [2.24, 2.45) is 0 Å². The zero-order valence-electron chi connectivity index (χ0n) is 34.7. The topological polar surface area (TPSA) is 163 Å². The molecule has 1 N–H and O–H groups in total. The van der Waals surface area contributed by atoms with Crippen LogP contribution in [0.5, 0.6) is 0 Å². The van der Waals surface area contributed by atoms with E-state index in [4.69, 9.17) is 42.3 Å². The molecule has 3 fully saturated rings. The lowest BCUT2D eigenvalue weighted by atomic mass is 9.96. The SMILES string of the molecule is CCS[C@@H]1O[C@H](COCc2ccccc2)[C@@H](O[C@@H]2O[C@H](COCc3ccccc3)[C@@H]3OC(=O)O[C@@H]3[C@H]2OC(C)=O)[C@@H](O[Si](CC)(CC)CC)[C@H]1NS(=O)(=O)c1ccccc1. The number of hydrogen-bond acceptors (Lipinski definition) is 14. The molecule has 3 heterocycles. The van der Waals surface area contributed by atoms with Gasteiger partial charge in [0.05, 0.1) is 43.5 Å². The molecule has 14 nitrogen and oxygen atoms in total. The molecule has 17 heteroatoms. The van der Waals surface area contributed by atoms with Gasteiger partial charge in [-0.15, -0.1) is 11.8 Å². The second-order valence-electron chi connectivity index (χ2n) is 14.9. The second-order valence-corrected chi connectivity index (χ2v) is 22.7. The molecule has 3 aromatic carbocycles. The number of benzene rings is 3. The fourth-order valence-electron chi connectivity index (χ4n) is 7.76. The summed E-state index contributed by atoms with van der Waals surface area (Å²) in [6.45, 7) is 9.98. The number of nitrogens with one attached hydrogen (secondary N) is 1. The molecule has 6 rings (SSSR count). The van der Waals surface area contributed by atoms with E-state index in [-0.39, 0.29) is 31.3 Å². The molecule has 0 unspecified atom stereocenters. The van der Waals surface area contributed by atoms with Crippen LogP contribution in [0.25, 0.3) is 0 Å². The molecule has 0 radical (unpaired) electrons. The van der Waals surface area contributed by atoms with Crippen molar-refractivity contribution < 1.29 is 60.3 Å². The van der Waals surface area contributed by atoms with Crippen molar-refractivity contribution in [3.63, 3.8) is 0 Å². The van der Waals surface area contributed by atoms with Crippen LogP contribution < -0.4 is 4.72 Å².